The van der Waals surface area contributed by atoms with Crippen LogP contribution in [0.2, 0.25) is 39.3 Å². The summed E-state index contributed by atoms with van der Waals surface area (Å²) in [7, 11) is -2.78. The molecular weight excluding hydrogens is 356 g/mol. The molecule has 0 heterocycles. The number of rotatable bonds is 4. The van der Waals surface area contributed by atoms with E-state index in [0.717, 1.165) is 0 Å². The number of benzene rings is 2. The number of hydrogen-bond donors (Lipinski definition) is 0. The summed E-state index contributed by atoms with van der Waals surface area (Å²) in [6.07, 6.45) is 4.71. The third-order valence-electron chi connectivity index (χ3n) is 5.64. The second kappa shape index (κ2) is 6.90. The Hall–Kier alpha value is -1.39. The lowest BCUT2D eigenvalue weighted by molar-refractivity contribution is 0.868. The summed E-state index contributed by atoms with van der Waals surface area (Å²) in [5, 5.41) is 3.18. The van der Waals surface area contributed by atoms with Gasteiger partial charge in [-0.2, -0.15) is 0 Å². The van der Waals surface area contributed by atoms with E-state index in [-0.39, 0.29) is 0 Å². The Labute approximate surface area is 168 Å². The molecule has 0 aromatic heterocycles. The lowest BCUT2D eigenvalue weighted by Gasteiger charge is -2.26. The molecule has 2 aromatic carbocycles. The molecule has 1 aliphatic rings. The molecule has 0 nitrogen and oxygen atoms in total. The summed E-state index contributed by atoms with van der Waals surface area (Å²) in [5.74, 6) is 0.519. The highest BCUT2D eigenvalue weighted by atomic mass is 28.3. The predicted molar refractivity (Wildman–Crippen MR) is 129 cm³/mol. The Bertz CT molecular complexity index is 871. The van der Waals surface area contributed by atoms with Crippen LogP contribution in [0.4, 0.5) is 0 Å². The minimum atomic E-state index is -1.39. The van der Waals surface area contributed by atoms with Crippen LogP contribution in [0.5, 0.6) is 0 Å². The van der Waals surface area contributed by atoms with Crippen LogP contribution in [-0.2, 0) is 0 Å². The summed E-state index contributed by atoms with van der Waals surface area (Å²) in [6.45, 7) is 21.7. The van der Waals surface area contributed by atoms with E-state index < -0.39 is 16.1 Å². The van der Waals surface area contributed by atoms with Gasteiger partial charge in [-0.15, -0.1) is 0 Å². The summed E-state index contributed by atoms with van der Waals surface area (Å²) in [4.78, 5) is 0. The van der Waals surface area contributed by atoms with Crippen molar-refractivity contribution in [3.63, 3.8) is 0 Å². The highest BCUT2D eigenvalue weighted by molar-refractivity contribution is 6.91. The zero-order valence-corrected chi connectivity index (χ0v) is 20.6. The summed E-state index contributed by atoms with van der Waals surface area (Å²) < 4.78 is 0. The van der Waals surface area contributed by atoms with Crippen molar-refractivity contribution in [2.45, 2.75) is 66.0 Å². The van der Waals surface area contributed by atoms with E-state index in [4.69, 9.17) is 0 Å². The second-order valence-electron chi connectivity index (χ2n) is 10.5. The molecule has 27 heavy (non-hydrogen) atoms. The monoisotopic (exact) mass is 391 g/mol. The van der Waals surface area contributed by atoms with Gasteiger partial charge < -0.3 is 0 Å². The van der Waals surface area contributed by atoms with Crippen LogP contribution in [0, 0.1) is 6.42 Å². The van der Waals surface area contributed by atoms with Gasteiger partial charge in [0.2, 0.25) is 0 Å². The fourth-order valence-corrected chi connectivity index (χ4v) is 6.39. The first-order chi connectivity index (χ1) is 12.4. The Kier molecular flexibility index (Phi) is 5.20. The van der Waals surface area contributed by atoms with Crippen LogP contribution in [-0.4, -0.2) is 16.1 Å². The summed E-state index contributed by atoms with van der Waals surface area (Å²) in [5.41, 5.74) is 8.54. The molecule has 0 aliphatic heterocycles. The molecule has 0 spiro atoms. The predicted octanol–water partition coefficient (Wildman–Crippen LogP) is 6.54. The second-order valence-corrected chi connectivity index (χ2v) is 20.7. The van der Waals surface area contributed by atoms with Crippen molar-refractivity contribution in [3.05, 3.63) is 59.0 Å². The van der Waals surface area contributed by atoms with Gasteiger partial charge in [0.05, 0.1) is 16.1 Å². The molecule has 3 rings (SSSR count). The van der Waals surface area contributed by atoms with Crippen LogP contribution in [0.1, 0.15) is 43.4 Å². The molecule has 1 radical (unpaired) electrons. The van der Waals surface area contributed by atoms with Crippen LogP contribution in [0.25, 0.3) is 17.2 Å². The van der Waals surface area contributed by atoms with Gasteiger partial charge in [0.15, 0.2) is 0 Å². The van der Waals surface area contributed by atoms with Crippen molar-refractivity contribution in [3.8, 4) is 11.1 Å². The van der Waals surface area contributed by atoms with Crippen molar-refractivity contribution in [2.75, 3.05) is 0 Å². The SMILES string of the molecule is CC1=Cc2c(ccc(C(C)C)c2-c2cc([Si](C)(C)C)cc([Si](C)(C)C)c2)[CH]1. The van der Waals surface area contributed by atoms with E-state index in [9.17, 15) is 0 Å². The standard InChI is InChI=1S/C25H35Si2/c1-17(2)23-11-10-19-12-18(3)13-24(19)25(23)20-14-21(26(4,5)6)16-22(15-20)27(7,8)9/h10-17H,1-9H3. The van der Waals surface area contributed by atoms with Crippen LogP contribution >= 0.6 is 0 Å². The Morgan fingerprint density at radius 1 is 0.778 bits per heavy atom. The topological polar surface area (TPSA) is 0 Å². The van der Waals surface area contributed by atoms with Crippen LogP contribution in [0.3, 0.4) is 0 Å². The van der Waals surface area contributed by atoms with E-state index in [1.165, 1.54) is 33.4 Å². The maximum Gasteiger partial charge on any atom is 0.0776 e. The maximum absolute atomic E-state index is 2.54. The van der Waals surface area contributed by atoms with Crippen molar-refractivity contribution in [1.29, 1.82) is 0 Å². The number of fused-ring (bicyclic) bond motifs is 1. The zero-order valence-electron chi connectivity index (χ0n) is 18.6. The Balaban J connectivity index is 2.36. The van der Waals surface area contributed by atoms with Gasteiger partial charge in [-0.1, -0.05) is 105 Å². The molecule has 143 valence electrons. The molecule has 0 bridgehead atoms. The summed E-state index contributed by atoms with van der Waals surface area (Å²) >= 11 is 0. The molecule has 2 aromatic rings. The van der Waals surface area contributed by atoms with E-state index in [2.05, 4.69) is 103 Å². The van der Waals surface area contributed by atoms with Crippen LogP contribution < -0.4 is 10.4 Å². The average molecular weight is 392 g/mol. The van der Waals surface area contributed by atoms with E-state index >= 15 is 0 Å². The average Bonchev–Trinajstić information content (AvgIpc) is 2.91. The van der Waals surface area contributed by atoms with Gasteiger partial charge in [0.25, 0.3) is 0 Å². The highest BCUT2D eigenvalue weighted by Gasteiger charge is 2.26. The van der Waals surface area contributed by atoms with Gasteiger partial charge >= 0.3 is 0 Å². The molecule has 0 saturated heterocycles. The molecule has 0 fully saturated rings. The Morgan fingerprint density at radius 3 is 1.81 bits per heavy atom. The largest absolute Gasteiger partial charge is 0.0776 e. The Morgan fingerprint density at radius 2 is 1.33 bits per heavy atom. The lowest BCUT2D eigenvalue weighted by Crippen LogP contribution is -2.45. The quantitative estimate of drug-likeness (QED) is 0.519. The van der Waals surface area contributed by atoms with E-state index in [0.29, 0.717) is 5.92 Å². The number of hydrogen-bond acceptors (Lipinski definition) is 0. The van der Waals surface area contributed by atoms with E-state index in [1.54, 1.807) is 10.4 Å². The van der Waals surface area contributed by atoms with Crippen molar-refractivity contribution in [1.82, 2.24) is 0 Å². The molecule has 0 saturated carbocycles. The van der Waals surface area contributed by atoms with Gasteiger partial charge in [-0.3, -0.25) is 0 Å². The molecule has 0 amide bonds. The van der Waals surface area contributed by atoms with Crippen molar-refractivity contribution in [2.24, 2.45) is 0 Å². The fraction of sp³-hybridized carbons (Fsp3) is 0.400. The molecule has 0 N–H and O–H groups in total. The number of allylic oxidation sites excluding steroid dienone is 1. The van der Waals surface area contributed by atoms with Gasteiger partial charge in [0.1, 0.15) is 0 Å². The van der Waals surface area contributed by atoms with Gasteiger partial charge in [0, 0.05) is 6.42 Å². The third kappa shape index (κ3) is 4.07. The van der Waals surface area contributed by atoms with Crippen molar-refractivity contribution >= 4 is 32.6 Å². The summed E-state index contributed by atoms with van der Waals surface area (Å²) in [6, 6.07) is 12.2. The molecule has 1 aliphatic carbocycles. The minimum absolute atomic E-state index is 0.519. The van der Waals surface area contributed by atoms with Crippen LogP contribution in [0.15, 0.2) is 35.9 Å². The third-order valence-corrected chi connectivity index (χ3v) is 9.68. The van der Waals surface area contributed by atoms with E-state index in [1.807, 2.05) is 0 Å². The smallest absolute Gasteiger partial charge is 0.0656 e. The van der Waals surface area contributed by atoms with Gasteiger partial charge in [-0.05, 0) is 40.7 Å². The molecule has 0 unspecified atom stereocenters. The van der Waals surface area contributed by atoms with Crippen molar-refractivity contribution < 1.29 is 0 Å². The maximum atomic E-state index is 2.54. The van der Waals surface area contributed by atoms with Gasteiger partial charge in [-0.25, -0.2) is 0 Å². The zero-order chi connectivity index (χ0) is 20.1. The first kappa shape index (κ1) is 20.4. The first-order valence-corrected chi connectivity index (χ1v) is 17.2. The minimum Gasteiger partial charge on any atom is -0.0656 e. The lowest BCUT2D eigenvalue weighted by atomic mass is 9.87. The molecule has 2 heteroatoms. The highest BCUT2D eigenvalue weighted by Crippen LogP contribution is 2.39. The fourth-order valence-electron chi connectivity index (χ4n) is 3.89. The molecule has 0 atom stereocenters. The first-order valence-electron chi connectivity index (χ1n) is 10.2. The normalized spacial score (nSPS) is 14.5. The molecular formula is C25H35Si2.